The van der Waals surface area contributed by atoms with Crippen molar-refractivity contribution in [2.75, 3.05) is 30.1 Å². The zero-order chi connectivity index (χ0) is 33.5. The van der Waals surface area contributed by atoms with Gasteiger partial charge in [0.2, 0.25) is 5.88 Å². The molecule has 4 rings (SSSR count). The first kappa shape index (κ1) is 33.1. The summed E-state index contributed by atoms with van der Waals surface area (Å²) in [5, 5.41) is 8.83. The van der Waals surface area contributed by atoms with E-state index in [0.717, 1.165) is 17.2 Å². The molecule has 0 radical (unpaired) electrons. The van der Waals surface area contributed by atoms with Crippen molar-refractivity contribution >= 4 is 51.7 Å². The molecule has 2 aromatic heterocycles. The summed E-state index contributed by atoms with van der Waals surface area (Å²) in [4.78, 5) is 39.2. The quantitative estimate of drug-likeness (QED) is 0.142. The van der Waals surface area contributed by atoms with E-state index >= 15 is 4.39 Å². The van der Waals surface area contributed by atoms with Crippen LogP contribution in [0.25, 0.3) is 10.9 Å². The Hall–Kier alpha value is -4.85. The standard InChI is InChI=1S/C28H26F4N6O6S/c1-26(2,3)44-25(40)43-8-7-42-21-16-9-14(11-18(29)20(16)35-23(36-21)41-6)38-24(45)37(22(39)27(38,4)5)15-10-17(28(30,31)32)19(12-33)34-13-15/h9-11,13H,7-8H2,1-6H3. The number of carbonyl (C=O) groups is 2. The van der Waals surface area contributed by atoms with E-state index in [0.29, 0.717) is 6.07 Å². The Morgan fingerprint density at radius 2 is 1.80 bits per heavy atom. The summed E-state index contributed by atoms with van der Waals surface area (Å²) in [6, 6.07) is 4.16. The van der Waals surface area contributed by atoms with Gasteiger partial charge in [-0.25, -0.2) is 14.2 Å². The van der Waals surface area contributed by atoms with Gasteiger partial charge in [-0.05, 0) is 65.0 Å². The van der Waals surface area contributed by atoms with E-state index in [1.165, 1.54) is 38.0 Å². The third-order valence-electron chi connectivity index (χ3n) is 6.27. The number of ether oxygens (including phenoxy) is 4. The van der Waals surface area contributed by atoms with Crippen LogP contribution in [0, 0.1) is 17.1 Å². The average molecular weight is 651 g/mol. The van der Waals surface area contributed by atoms with Crippen molar-refractivity contribution in [3.63, 3.8) is 0 Å². The minimum atomic E-state index is -4.94. The summed E-state index contributed by atoms with van der Waals surface area (Å²) in [7, 11) is 1.26. The van der Waals surface area contributed by atoms with Gasteiger partial charge < -0.3 is 23.8 Å². The second-order valence-corrected chi connectivity index (χ2v) is 11.4. The molecule has 1 aliphatic heterocycles. The maximum absolute atomic E-state index is 15.6. The van der Waals surface area contributed by atoms with Crippen molar-refractivity contribution in [2.45, 2.75) is 51.9 Å². The molecular weight excluding hydrogens is 624 g/mol. The van der Waals surface area contributed by atoms with Crippen LogP contribution in [-0.2, 0) is 20.4 Å². The molecule has 0 N–H and O–H groups in total. The van der Waals surface area contributed by atoms with Gasteiger partial charge in [0.15, 0.2) is 16.6 Å². The number of aromatic nitrogens is 3. The summed E-state index contributed by atoms with van der Waals surface area (Å²) in [5.41, 5.74) is -5.07. The number of pyridine rings is 1. The van der Waals surface area contributed by atoms with Gasteiger partial charge in [-0.3, -0.25) is 9.69 Å². The van der Waals surface area contributed by atoms with Gasteiger partial charge >= 0.3 is 18.3 Å². The van der Waals surface area contributed by atoms with Crippen LogP contribution in [0.4, 0.5) is 33.7 Å². The maximum atomic E-state index is 15.6. The van der Waals surface area contributed by atoms with Crippen LogP contribution < -0.4 is 19.3 Å². The molecule has 3 heterocycles. The van der Waals surface area contributed by atoms with Gasteiger partial charge in [0.05, 0.1) is 29.9 Å². The summed E-state index contributed by atoms with van der Waals surface area (Å²) in [6.45, 7) is 7.40. The highest BCUT2D eigenvalue weighted by atomic mass is 32.1. The first-order valence-corrected chi connectivity index (χ1v) is 13.5. The molecule has 0 unspecified atom stereocenters. The monoisotopic (exact) mass is 650 g/mol. The normalized spacial score (nSPS) is 14.9. The average Bonchev–Trinajstić information content (AvgIpc) is 3.11. The topological polar surface area (TPSA) is 140 Å². The number of nitrogens with zero attached hydrogens (tertiary/aromatic N) is 6. The highest BCUT2D eigenvalue weighted by Gasteiger charge is 2.51. The molecular formula is C28H26F4N6O6S. The van der Waals surface area contributed by atoms with E-state index in [9.17, 15) is 22.8 Å². The fourth-order valence-electron chi connectivity index (χ4n) is 4.34. The fourth-order valence-corrected chi connectivity index (χ4v) is 4.86. The summed E-state index contributed by atoms with van der Waals surface area (Å²) in [5.74, 6) is -1.79. The van der Waals surface area contributed by atoms with Crippen molar-refractivity contribution in [1.82, 2.24) is 15.0 Å². The zero-order valence-corrected chi connectivity index (χ0v) is 25.6. The van der Waals surface area contributed by atoms with E-state index in [2.05, 4.69) is 15.0 Å². The first-order chi connectivity index (χ1) is 20.9. The molecule has 238 valence electrons. The Morgan fingerprint density at radius 1 is 1.11 bits per heavy atom. The summed E-state index contributed by atoms with van der Waals surface area (Å²) in [6.07, 6.45) is -4.95. The number of rotatable bonds is 7. The van der Waals surface area contributed by atoms with Crippen LogP contribution in [0.15, 0.2) is 24.4 Å². The Balaban J connectivity index is 1.72. The van der Waals surface area contributed by atoms with Crippen molar-refractivity contribution < 1.29 is 46.1 Å². The summed E-state index contributed by atoms with van der Waals surface area (Å²) >= 11 is 5.53. The van der Waals surface area contributed by atoms with E-state index in [4.69, 9.17) is 36.4 Å². The van der Waals surface area contributed by atoms with Gasteiger partial charge in [0.1, 0.15) is 35.9 Å². The van der Waals surface area contributed by atoms with Crippen LogP contribution in [-0.4, -0.2) is 63.6 Å². The van der Waals surface area contributed by atoms with E-state index in [-0.39, 0.29) is 52.5 Å². The molecule has 1 aromatic carbocycles. The number of carbonyl (C=O) groups excluding carboxylic acids is 2. The number of hydrogen-bond donors (Lipinski definition) is 0. The number of amides is 1. The number of nitriles is 1. The minimum Gasteiger partial charge on any atom is -0.473 e. The lowest BCUT2D eigenvalue weighted by Crippen LogP contribution is -2.44. The van der Waals surface area contributed by atoms with E-state index < -0.39 is 46.5 Å². The lowest BCUT2D eigenvalue weighted by molar-refractivity contribution is -0.138. The van der Waals surface area contributed by atoms with Crippen LogP contribution in [0.3, 0.4) is 0 Å². The van der Waals surface area contributed by atoms with Gasteiger partial charge in [0.25, 0.3) is 5.91 Å². The number of benzene rings is 1. The van der Waals surface area contributed by atoms with Crippen LogP contribution in [0.5, 0.6) is 11.9 Å². The largest absolute Gasteiger partial charge is 0.508 e. The zero-order valence-electron chi connectivity index (χ0n) is 24.8. The molecule has 1 amide bonds. The predicted octanol–water partition coefficient (Wildman–Crippen LogP) is 5.31. The molecule has 1 fully saturated rings. The molecule has 1 aliphatic rings. The second kappa shape index (κ2) is 11.9. The van der Waals surface area contributed by atoms with Crippen molar-refractivity contribution in [1.29, 1.82) is 5.26 Å². The van der Waals surface area contributed by atoms with Gasteiger partial charge in [-0.15, -0.1) is 0 Å². The predicted molar refractivity (Wildman–Crippen MR) is 154 cm³/mol. The van der Waals surface area contributed by atoms with Gasteiger partial charge in [-0.1, -0.05) is 0 Å². The van der Waals surface area contributed by atoms with Gasteiger partial charge in [-0.2, -0.15) is 28.4 Å². The summed E-state index contributed by atoms with van der Waals surface area (Å²) < 4.78 is 77.3. The number of alkyl halides is 3. The molecule has 1 saturated heterocycles. The molecule has 17 heteroatoms. The second-order valence-electron chi connectivity index (χ2n) is 11.0. The van der Waals surface area contributed by atoms with Crippen molar-refractivity contribution in [3.8, 4) is 18.0 Å². The van der Waals surface area contributed by atoms with Crippen molar-refractivity contribution in [3.05, 3.63) is 41.5 Å². The fraction of sp³-hybridized carbons (Fsp3) is 0.393. The first-order valence-electron chi connectivity index (χ1n) is 13.1. The Kier molecular flexibility index (Phi) is 8.75. The maximum Gasteiger partial charge on any atom is 0.508 e. The molecule has 0 saturated carbocycles. The van der Waals surface area contributed by atoms with E-state index in [1.54, 1.807) is 20.8 Å². The molecule has 0 bridgehead atoms. The Labute approximate surface area is 259 Å². The number of thiocarbonyl (C=S) groups is 1. The highest BCUT2D eigenvalue weighted by molar-refractivity contribution is 7.81. The number of hydrogen-bond acceptors (Lipinski definition) is 11. The van der Waals surface area contributed by atoms with Crippen LogP contribution in [0.1, 0.15) is 45.9 Å². The SMILES string of the molecule is COc1nc(OCCOC(=O)OC(C)(C)C)c2cc(N3C(=S)N(c4cnc(C#N)c(C(F)(F)F)c4)C(=O)C3(C)C)cc(F)c2n1. The Morgan fingerprint density at radius 3 is 2.40 bits per heavy atom. The lowest BCUT2D eigenvalue weighted by atomic mass is 10.0. The minimum absolute atomic E-state index is 0.0203. The molecule has 0 aliphatic carbocycles. The number of anilines is 2. The van der Waals surface area contributed by atoms with Crippen LogP contribution >= 0.6 is 12.2 Å². The molecule has 0 spiro atoms. The number of halogens is 4. The third-order valence-corrected chi connectivity index (χ3v) is 6.63. The Bertz CT molecular complexity index is 1740. The molecule has 12 nitrogen and oxygen atoms in total. The number of methoxy groups -OCH3 is 1. The number of fused-ring (bicyclic) bond motifs is 1. The lowest BCUT2D eigenvalue weighted by Gasteiger charge is -2.29. The van der Waals surface area contributed by atoms with E-state index in [1.807, 2.05) is 0 Å². The van der Waals surface area contributed by atoms with Gasteiger partial charge in [0, 0.05) is 5.69 Å². The smallest absolute Gasteiger partial charge is 0.473 e. The third kappa shape index (κ3) is 6.65. The van der Waals surface area contributed by atoms with Crippen molar-refractivity contribution in [2.24, 2.45) is 0 Å². The van der Waals surface area contributed by atoms with Crippen LogP contribution in [0.2, 0.25) is 0 Å². The molecule has 45 heavy (non-hydrogen) atoms. The highest BCUT2D eigenvalue weighted by Crippen LogP contribution is 2.41. The molecule has 3 aromatic rings. The molecule has 0 atom stereocenters.